The van der Waals surface area contributed by atoms with Gasteiger partial charge in [0.05, 0.1) is 0 Å². The lowest BCUT2D eigenvalue weighted by Crippen LogP contribution is -2.59. The van der Waals surface area contributed by atoms with E-state index in [-0.39, 0.29) is 18.2 Å². The largest absolute Gasteiger partial charge is 0.445 e. The van der Waals surface area contributed by atoms with Crippen LogP contribution in [0.1, 0.15) is 12.0 Å². The smallest absolute Gasteiger partial charge is 0.407 e. The molecule has 2 aliphatic heterocycles. The maximum Gasteiger partial charge on any atom is 0.407 e. The van der Waals surface area contributed by atoms with Crippen molar-refractivity contribution in [3.8, 4) is 0 Å². The Balaban J connectivity index is 1.74. The Bertz CT molecular complexity index is 421. The molecule has 2 heterocycles. The predicted molar refractivity (Wildman–Crippen MR) is 68.3 cm³/mol. The SMILES string of the molecule is O=C1NC2CCNCC2[C@@H](Cc2ccccc2)O1. The molecule has 2 fully saturated rings. The number of fused-ring (bicyclic) bond motifs is 1. The van der Waals surface area contributed by atoms with E-state index in [1.54, 1.807) is 0 Å². The third-order valence-corrected chi connectivity index (χ3v) is 3.85. The van der Waals surface area contributed by atoms with Crippen molar-refractivity contribution < 1.29 is 9.53 Å². The number of rotatable bonds is 2. The molecule has 0 saturated carbocycles. The maximum absolute atomic E-state index is 11.6. The van der Waals surface area contributed by atoms with Gasteiger partial charge in [-0.3, -0.25) is 0 Å². The summed E-state index contributed by atoms with van der Waals surface area (Å²) in [5, 5.41) is 6.32. The normalized spacial score (nSPS) is 31.1. The van der Waals surface area contributed by atoms with E-state index in [0.717, 1.165) is 25.9 Å². The molecule has 96 valence electrons. The third-order valence-electron chi connectivity index (χ3n) is 3.85. The van der Waals surface area contributed by atoms with Crippen LogP contribution in [-0.4, -0.2) is 31.3 Å². The van der Waals surface area contributed by atoms with Gasteiger partial charge >= 0.3 is 6.09 Å². The third kappa shape index (κ3) is 2.34. The molecule has 0 aliphatic carbocycles. The van der Waals surface area contributed by atoms with Crippen LogP contribution in [0.3, 0.4) is 0 Å². The van der Waals surface area contributed by atoms with Gasteiger partial charge in [-0.05, 0) is 18.5 Å². The van der Waals surface area contributed by atoms with E-state index in [1.807, 2.05) is 18.2 Å². The van der Waals surface area contributed by atoms with E-state index in [0.29, 0.717) is 5.92 Å². The van der Waals surface area contributed by atoms with Gasteiger partial charge in [0.15, 0.2) is 0 Å². The van der Waals surface area contributed by atoms with Gasteiger partial charge in [0.2, 0.25) is 0 Å². The summed E-state index contributed by atoms with van der Waals surface area (Å²) >= 11 is 0. The second-order valence-electron chi connectivity index (χ2n) is 5.04. The van der Waals surface area contributed by atoms with Crippen LogP contribution < -0.4 is 10.6 Å². The number of nitrogens with one attached hydrogen (secondary N) is 2. The molecule has 2 unspecified atom stereocenters. The first-order valence-corrected chi connectivity index (χ1v) is 6.55. The van der Waals surface area contributed by atoms with Gasteiger partial charge in [0, 0.05) is 24.9 Å². The fourth-order valence-corrected chi connectivity index (χ4v) is 2.90. The van der Waals surface area contributed by atoms with Gasteiger partial charge in [-0.2, -0.15) is 0 Å². The van der Waals surface area contributed by atoms with Crippen LogP contribution in [0.25, 0.3) is 0 Å². The summed E-state index contributed by atoms with van der Waals surface area (Å²) in [6.07, 6.45) is 1.51. The van der Waals surface area contributed by atoms with Gasteiger partial charge in [-0.1, -0.05) is 30.3 Å². The van der Waals surface area contributed by atoms with Gasteiger partial charge < -0.3 is 15.4 Å². The molecule has 2 aliphatic rings. The number of benzene rings is 1. The molecule has 4 heteroatoms. The Morgan fingerprint density at radius 3 is 2.94 bits per heavy atom. The van der Waals surface area contributed by atoms with Crippen molar-refractivity contribution in [2.75, 3.05) is 13.1 Å². The molecule has 0 aromatic heterocycles. The van der Waals surface area contributed by atoms with E-state index >= 15 is 0 Å². The molecule has 3 atom stereocenters. The first-order chi connectivity index (χ1) is 8.83. The Morgan fingerprint density at radius 2 is 2.11 bits per heavy atom. The molecule has 18 heavy (non-hydrogen) atoms. The molecule has 0 spiro atoms. The van der Waals surface area contributed by atoms with Crippen molar-refractivity contribution in [1.82, 2.24) is 10.6 Å². The van der Waals surface area contributed by atoms with E-state index < -0.39 is 0 Å². The number of hydrogen-bond donors (Lipinski definition) is 2. The van der Waals surface area contributed by atoms with Crippen molar-refractivity contribution in [3.63, 3.8) is 0 Å². The van der Waals surface area contributed by atoms with Crippen LogP contribution >= 0.6 is 0 Å². The number of cyclic esters (lactones) is 1. The lowest BCUT2D eigenvalue weighted by Gasteiger charge is -2.41. The number of ether oxygens (including phenoxy) is 1. The number of carbonyl (C=O) groups excluding carboxylic acids is 1. The van der Waals surface area contributed by atoms with Gasteiger partial charge in [0.25, 0.3) is 0 Å². The van der Waals surface area contributed by atoms with Gasteiger partial charge in [-0.25, -0.2) is 4.79 Å². The number of hydrogen-bond acceptors (Lipinski definition) is 3. The molecular weight excluding hydrogens is 228 g/mol. The minimum atomic E-state index is -0.265. The van der Waals surface area contributed by atoms with Crippen LogP contribution in [0.5, 0.6) is 0 Å². The number of amides is 1. The predicted octanol–water partition coefficient (Wildman–Crippen LogP) is 1.32. The van der Waals surface area contributed by atoms with E-state index in [4.69, 9.17) is 4.74 Å². The molecule has 2 N–H and O–H groups in total. The lowest BCUT2D eigenvalue weighted by molar-refractivity contribution is 0.00715. The van der Waals surface area contributed by atoms with Crippen LogP contribution in [0.15, 0.2) is 30.3 Å². The minimum absolute atomic E-state index is 0.0149. The first kappa shape index (κ1) is 11.5. The second kappa shape index (κ2) is 4.98. The summed E-state index contributed by atoms with van der Waals surface area (Å²) in [5.41, 5.74) is 1.22. The zero-order chi connectivity index (χ0) is 12.4. The van der Waals surface area contributed by atoms with E-state index in [1.165, 1.54) is 5.56 Å². The van der Waals surface area contributed by atoms with Gasteiger partial charge in [-0.15, -0.1) is 0 Å². The molecule has 2 saturated heterocycles. The van der Waals surface area contributed by atoms with Crippen LogP contribution in [-0.2, 0) is 11.2 Å². The van der Waals surface area contributed by atoms with Crippen LogP contribution in [0.2, 0.25) is 0 Å². The fourth-order valence-electron chi connectivity index (χ4n) is 2.90. The average Bonchev–Trinajstić information content (AvgIpc) is 2.40. The van der Waals surface area contributed by atoms with Gasteiger partial charge in [0.1, 0.15) is 6.10 Å². The summed E-state index contributed by atoms with van der Waals surface area (Å²) in [7, 11) is 0. The molecule has 3 rings (SSSR count). The van der Waals surface area contributed by atoms with Crippen molar-refractivity contribution in [2.24, 2.45) is 5.92 Å². The molecule has 0 radical (unpaired) electrons. The summed E-state index contributed by atoms with van der Waals surface area (Å²) in [6.45, 7) is 1.89. The number of alkyl carbamates (subject to hydrolysis) is 1. The highest BCUT2D eigenvalue weighted by Gasteiger charge is 2.39. The average molecular weight is 246 g/mol. The van der Waals surface area contributed by atoms with Crippen molar-refractivity contribution in [3.05, 3.63) is 35.9 Å². The first-order valence-electron chi connectivity index (χ1n) is 6.55. The molecule has 0 bridgehead atoms. The zero-order valence-electron chi connectivity index (χ0n) is 10.3. The van der Waals surface area contributed by atoms with Crippen molar-refractivity contribution >= 4 is 6.09 Å². The lowest BCUT2D eigenvalue weighted by atomic mass is 9.84. The van der Waals surface area contributed by atoms with Crippen molar-refractivity contribution in [1.29, 1.82) is 0 Å². The Morgan fingerprint density at radius 1 is 1.28 bits per heavy atom. The monoisotopic (exact) mass is 246 g/mol. The second-order valence-corrected chi connectivity index (χ2v) is 5.04. The van der Waals surface area contributed by atoms with Crippen LogP contribution in [0, 0.1) is 5.92 Å². The molecule has 1 aromatic carbocycles. The summed E-state index contributed by atoms with van der Waals surface area (Å²) in [5.74, 6) is 0.372. The number of carbonyl (C=O) groups is 1. The van der Waals surface area contributed by atoms with E-state index in [2.05, 4.69) is 22.8 Å². The molecule has 4 nitrogen and oxygen atoms in total. The maximum atomic E-state index is 11.6. The molecule has 1 amide bonds. The van der Waals surface area contributed by atoms with Crippen LogP contribution in [0.4, 0.5) is 4.79 Å². The highest BCUT2D eigenvalue weighted by atomic mass is 16.6. The topological polar surface area (TPSA) is 50.4 Å². The molecular formula is C14H18N2O2. The standard InChI is InChI=1S/C14H18N2O2/c17-14-16-12-6-7-15-9-11(12)13(18-14)8-10-4-2-1-3-5-10/h1-5,11-13,15H,6-9H2,(H,16,17)/t11?,12?,13-/m1/s1. The fraction of sp³-hybridized carbons (Fsp3) is 0.500. The minimum Gasteiger partial charge on any atom is -0.445 e. The summed E-state index contributed by atoms with van der Waals surface area (Å²) < 4.78 is 5.47. The number of piperidine rings is 1. The Hall–Kier alpha value is -1.55. The Kier molecular flexibility index (Phi) is 3.19. The van der Waals surface area contributed by atoms with E-state index in [9.17, 15) is 4.79 Å². The summed E-state index contributed by atoms with van der Waals surface area (Å²) in [4.78, 5) is 11.6. The van der Waals surface area contributed by atoms with Crippen molar-refractivity contribution in [2.45, 2.75) is 25.0 Å². The zero-order valence-corrected chi connectivity index (χ0v) is 10.3. The highest BCUT2D eigenvalue weighted by molar-refractivity contribution is 5.69. The Labute approximate surface area is 107 Å². The summed E-state index contributed by atoms with van der Waals surface area (Å²) in [6, 6.07) is 10.5. The highest BCUT2D eigenvalue weighted by Crippen LogP contribution is 2.25. The molecule has 1 aromatic rings. The quantitative estimate of drug-likeness (QED) is 0.827.